The number of amides is 1. The number of ether oxygens (including phenoxy) is 1. The highest BCUT2D eigenvalue weighted by Crippen LogP contribution is 2.46. The van der Waals surface area contributed by atoms with Crippen LogP contribution in [-0.2, 0) is 4.74 Å². The molecule has 0 aromatic carbocycles. The molecule has 3 heterocycles. The zero-order valence-electron chi connectivity index (χ0n) is 11.5. The molecule has 0 unspecified atom stereocenters. The number of fused-ring (bicyclic) bond motifs is 1. The van der Waals surface area contributed by atoms with Gasteiger partial charge < -0.3 is 9.84 Å². The van der Waals surface area contributed by atoms with E-state index in [4.69, 9.17) is 4.74 Å². The number of carbonyl (C=O) groups excluding carboxylic acids is 1. The van der Waals surface area contributed by atoms with Crippen molar-refractivity contribution < 1.29 is 27.8 Å². The Kier molecular flexibility index (Phi) is 3.93. The minimum Gasteiger partial charge on any atom is -0.380 e. The minimum atomic E-state index is -5.08. The molecule has 1 amide bonds. The van der Waals surface area contributed by atoms with Crippen molar-refractivity contribution in [3.63, 3.8) is 0 Å². The number of carbonyl (C=O) groups is 1. The van der Waals surface area contributed by atoms with Crippen LogP contribution in [0.3, 0.4) is 0 Å². The van der Waals surface area contributed by atoms with Crippen molar-refractivity contribution in [2.45, 2.75) is 18.3 Å². The second-order valence-corrected chi connectivity index (χ2v) is 6.12. The summed E-state index contributed by atoms with van der Waals surface area (Å²) < 4.78 is 46.0. The molecule has 124 valence electrons. The number of nitrogens with zero attached hydrogens (tertiary/aromatic N) is 3. The van der Waals surface area contributed by atoms with Crippen LogP contribution in [0.5, 0.6) is 0 Å². The fourth-order valence-corrected chi connectivity index (χ4v) is 3.00. The Hall–Kier alpha value is -1.52. The van der Waals surface area contributed by atoms with Gasteiger partial charge in [-0.3, -0.25) is 9.78 Å². The normalized spacial score (nSPS) is 27.6. The van der Waals surface area contributed by atoms with Crippen LogP contribution < -0.4 is 0 Å². The first-order valence-electron chi connectivity index (χ1n) is 6.64. The number of hydrazone groups is 1. The Bertz CT molecular complexity index is 682. The third kappa shape index (κ3) is 2.54. The third-order valence-electron chi connectivity index (χ3n) is 3.79. The molecule has 3 rings (SSSR count). The van der Waals surface area contributed by atoms with Crippen molar-refractivity contribution in [3.05, 3.63) is 28.5 Å². The first-order chi connectivity index (χ1) is 10.7. The van der Waals surface area contributed by atoms with E-state index in [9.17, 15) is 23.1 Å². The second kappa shape index (κ2) is 5.53. The maximum atomic E-state index is 13.5. The van der Waals surface area contributed by atoms with E-state index in [2.05, 4.69) is 26.0 Å². The molecule has 1 saturated heterocycles. The summed E-state index contributed by atoms with van der Waals surface area (Å²) in [7, 11) is 0. The lowest BCUT2D eigenvalue weighted by molar-refractivity contribution is -0.315. The van der Waals surface area contributed by atoms with Gasteiger partial charge in [0.15, 0.2) is 0 Å². The third-order valence-corrected chi connectivity index (χ3v) is 4.22. The summed E-state index contributed by atoms with van der Waals surface area (Å²) in [6.45, 7) is -0.154. The zero-order chi connectivity index (χ0) is 16.8. The summed E-state index contributed by atoms with van der Waals surface area (Å²) in [6.07, 6.45) is -2.46. The highest BCUT2D eigenvalue weighted by atomic mass is 79.9. The SMILES string of the molecule is O=C(c1cncc(Br)c1)N1N=C2CCOC[C@@H]2[C@@]1(O)C(F)(F)F. The Balaban J connectivity index is 2.05. The number of hydrogen-bond donors (Lipinski definition) is 1. The van der Waals surface area contributed by atoms with Crippen LogP contribution in [0.25, 0.3) is 0 Å². The standard InChI is InChI=1S/C13H11BrF3N3O3/c14-8-3-7(4-18-5-8)11(21)20-12(22,13(15,16)17)9-6-23-2-1-10(9)19-20/h3-5,9,22H,1-2,6H2/t9-,12+/m0/s1. The molecule has 1 fully saturated rings. The largest absolute Gasteiger partial charge is 0.439 e. The summed E-state index contributed by atoms with van der Waals surface area (Å²) in [4.78, 5) is 16.2. The number of rotatable bonds is 1. The molecule has 2 atom stereocenters. The van der Waals surface area contributed by atoms with Crippen molar-refractivity contribution in [2.75, 3.05) is 13.2 Å². The molecule has 23 heavy (non-hydrogen) atoms. The van der Waals surface area contributed by atoms with Gasteiger partial charge in [0.25, 0.3) is 11.6 Å². The van der Waals surface area contributed by atoms with Crippen molar-refractivity contribution in [1.29, 1.82) is 0 Å². The van der Waals surface area contributed by atoms with Gasteiger partial charge in [0, 0.05) is 23.3 Å². The Morgan fingerprint density at radius 3 is 2.87 bits per heavy atom. The average molecular weight is 394 g/mol. The quantitative estimate of drug-likeness (QED) is 0.790. The van der Waals surface area contributed by atoms with E-state index in [1.807, 2.05) is 0 Å². The van der Waals surface area contributed by atoms with Gasteiger partial charge in [-0.05, 0) is 22.0 Å². The summed E-state index contributed by atoms with van der Waals surface area (Å²) in [6, 6.07) is 1.31. The smallest absolute Gasteiger partial charge is 0.380 e. The Morgan fingerprint density at radius 1 is 1.48 bits per heavy atom. The number of pyridine rings is 1. The van der Waals surface area contributed by atoms with Gasteiger partial charge in [0.1, 0.15) is 0 Å². The molecule has 0 spiro atoms. The van der Waals surface area contributed by atoms with Crippen LogP contribution in [0.4, 0.5) is 13.2 Å². The van der Waals surface area contributed by atoms with Crippen molar-refractivity contribution >= 4 is 27.5 Å². The lowest BCUT2D eigenvalue weighted by Crippen LogP contribution is -2.62. The van der Waals surface area contributed by atoms with Gasteiger partial charge in [0.05, 0.1) is 30.4 Å². The van der Waals surface area contributed by atoms with E-state index in [0.717, 1.165) is 6.20 Å². The van der Waals surface area contributed by atoms with Crippen LogP contribution in [0, 0.1) is 5.92 Å². The summed E-state index contributed by atoms with van der Waals surface area (Å²) in [5, 5.41) is 14.2. The average Bonchev–Trinajstić information content (AvgIpc) is 2.81. The summed E-state index contributed by atoms with van der Waals surface area (Å²) in [5.74, 6) is -2.51. The monoisotopic (exact) mass is 393 g/mol. The molecule has 2 aliphatic heterocycles. The van der Waals surface area contributed by atoms with Crippen molar-refractivity contribution in [1.82, 2.24) is 9.99 Å². The molecule has 0 saturated carbocycles. The molecule has 0 aliphatic carbocycles. The van der Waals surface area contributed by atoms with Gasteiger partial charge in [-0.1, -0.05) is 0 Å². The second-order valence-electron chi connectivity index (χ2n) is 5.20. The van der Waals surface area contributed by atoms with Gasteiger partial charge >= 0.3 is 6.18 Å². The lowest BCUT2D eigenvalue weighted by Gasteiger charge is -2.37. The molecule has 1 N–H and O–H groups in total. The maximum absolute atomic E-state index is 13.5. The van der Waals surface area contributed by atoms with Gasteiger partial charge in [-0.25, -0.2) is 0 Å². The van der Waals surface area contributed by atoms with Crippen LogP contribution in [0.15, 0.2) is 28.0 Å². The van der Waals surface area contributed by atoms with E-state index >= 15 is 0 Å². The topological polar surface area (TPSA) is 75.0 Å². The van der Waals surface area contributed by atoms with Gasteiger partial charge in [-0.2, -0.15) is 23.3 Å². The number of alkyl halides is 3. The van der Waals surface area contributed by atoms with E-state index in [-0.39, 0.29) is 35.9 Å². The fraction of sp³-hybridized carbons (Fsp3) is 0.462. The molecule has 1 aromatic heterocycles. The van der Waals surface area contributed by atoms with Crippen LogP contribution in [0.1, 0.15) is 16.8 Å². The fourth-order valence-electron chi connectivity index (χ4n) is 2.64. The lowest BCUT2D eigenvalue weighted by atomic mass is 9.89. The van der Waals surface area contributed by atoms with E-state index in [1.165, 1.54) is 12.3 Å². The molecule has 0 radical (unpaired) electrons. The van der Waals surface area contributed by atoms with Crippen LogP contribution in [0.2, 0.25) is 0 Å². The van der Waals surface area contributed by atoms with E-state index in [1.54, 1.807) is 0 Å². The number of halogens is 4. The first kappa shape index (κ1) is 16.3. The molecular formula is C13H11BrF3N3O3. The first-order valence-corrected chi connectivity index (χ1v) is 7.44. The molecule has 2 aliphatic rings. The van der Waals surface area contributed by atoms with Gasteiger partial charge in [-0.15, -0.1) is 0 Å². The van der Waals surface area contributed by atoms with Crippen LogP contribution >= 0.6 is 15.9 Å². The minimum absolute atomic E-state index is 0.102. The Labute approximate surface area is 137 Å². The van der Waals surface area contributed by atoms with Gasteiger partial charge in [0.2, 0.25) is 0 Å². The summed E-state index contributed by atoms with van der Waals surface area (Å²) >= 11 is 3.09. The highest BCUT2D eigenvalue weighted by Gasteiger charge is 2.69. The molecule has 6 nitrogen and oxygen atoms in total. The predicted molar refractivity (Wildman–Crippen MR) is 75.5 cm³/mol. The summed E-state index contributed by atoms with van der Waals surface area (Å²) in [5.41, 5.74) is -3.44. The number of hydrogen-bond acceptors (Lipinski definition) is 5. The molecule has 1 aromatic rings. The molecular weight excluding hydrogens is 383 g/mol. The van der Waals surface area contributed by atoms with Crippen molar-refractivity contribution in [3.8, 4) is 0 Å². The highest BCUT2D eigenvalue weighted by molar-refractivity contribution is 9.10. The number of aromatic nitrogens is 1. The molecule has 10 heteroatoms. The van der Waals surface area contributed by atoms with E-state index < -0.39 is 23.7 Å². The predicted octanol–water partition coefficient (Wildman–Crippen LogP) is 1.94. The maximum Gasteiger partial charge on any atom is 0.439 e. The van der Waals surface area contributed by atoms with Crippen molar-refractivity contribution in [2.24, 2.45) is 11.0 Å². The number of aliphatic hydroxyl groups is 1. The van der Waals surface area contributed by atoms with Crippen LogP contribution in [-0.4, -0.2) is 51.8 Å². The molecule has 0 bridgehead atoms. The Morgan fingerprint density at radius 2 is 2.22 bits per heavy atom. The zero-order valence-corrected chi connectivity index (χ0v) is 13.1. The van der Waals surface area contributed by atoms with E-state index in [0.29, 0.717) is 4.47 Å².